The summed E-state index contributed by atoms with van der Waals surface area (Å²) in [6.07, 6.45) is 1.44. The molecular weight excluding hydrogens is 450 g/mol. The molecule has 14 heteroatoms. The number of hydrazone groups is 1. The number of nitrogens with one attached hydrogen (secondary N) is 3. The van der Waals surface area contributed by atoms with Gasteiger partial charge in [0.25, 0.3) is 11.6 Å². The van der Waals surface area contributed by atoms with Gasteiger partial charge >= 0.3 is 0 Å². The van der Waals surface area contributed by atoms with E-state index in [1.165, 1.54) is 25.3 Å². The number of carbonyl (C=O) groups is 2. The molecule has 170 valence electrons. The van der Waals surface area contributed by atoms with E-state index in [1.54, 1.807) is 36.4 Å². The smallest absolute Gasteiger partial charge is 0.269 e. The SMILES string of the molecule is CC(=O)Nc1cccc(NC(=O)CSc2nnc(N/N=C/c3ccc([N+](=O)[O-])cc3)n2N)c1. The largest absolute Gasteiger partial charge is 0.334 e. The summed E-state index contributed by atoms with van der Waals surface area (Å²) in [6, 6.07) is 12.6. The molecular formula is C19H19N9O4S. The Labute approximate surface area is 191 Å². The summed E-state index contributed by atoms with van der Waals surface area (Å²) in [4.78, 5) is 33.6. The van der Waals surface area contributed by atoms with Crippen molar-refractivity contribution in [3.63, 3.8) is 0 Å². The summed E-state index contributed by atoms with van der Waals surface area (Å²) in [5.41, 5.74) is 4.33. The van der Waals surface area contributed by atoms with Gasteiger partial charge in [0, 0.05) is 30.4 Å². The number of thioether (sulfide) groups is 1. The molecule has 3 rings (SSSR count). The van der Waals surface area contributed by atoms with E-state index < -0.39 is 4.92 Å². The van der Waals surface area contributed by atoms with Crippen LogP contribution in [0.4, 0.5) is 23.0 Å². The third kappa shape index (κ3) is 6.76. The Morgan fingerprint density at radius 3 is 2.55 bits per heavy atom. The van der Waals surface area contributed by atoms with E-state index >= 15 is 0 Å². The molecule has 0 radical (unpaired) electrons. The Morgan fingerprint density at radius 1 is 1.18 bits per heavy atom. The number of anilines is 3. The van der Waals surface area contributed by atoms with Crippen LogP contribution >= 0.6 is 11.8 Å². The first-order valence-electron chi connectivity index (χ1n) is 9.36. The minimum Gasteiger partial charge on any atom is -0.334 e. The monoisotopic (exact) mass is 469 g/mol. The number of nitro groups is 1. The minimum atomic E-state index is -0.488. The molecule has 0 aliphatic carbocycles. The maximum atomic E-state index is 12.2. The van der Waals surface area contributed by atoms with Crippen LogP contribution in [0.25, 0.3) is 0 Å². The highest BCUT2D eigenvalue weighted by Crippen LogP contribution is 2.19. The quantitative estimate of drug-likeness (QED) is 0.120. The highest BCUT2D eigenvalue weighted by molar-refractivity contribution is 7.99. The van der Waals surface area contributed by atoms with Crippen molar-refractivity contribution in [2.75, 3.05) is 27.7 Å². The molecule has 1 heterocycles. The predicted molar refractivity (Wildman–Crippen MR) is 125 cm³/mol. The zero-order valence-electron chi connectivity index (χ0n) is 17.3. The van der Waals surface area contributed by atoms with Gasteiger partial charge in [-0.25, -0.2) is 10.1 Å². The number of hydrogen-bond acceptors (Lipinski definition) is 10. The maximum absolute atomic E-state index is 12.2. The fraction of sp³-hybridized carbons (Fsp3) is 0.105. The lowest BCUT2D eigenvalue weighted by molar-refractivity contribution is -0.384. The number of nitrogens with two attached hydrogens (primary N) is 1. The molecule has 0 unspecified atom stereocenters. The van der Waals surface area contributed by atoms with Gasteiger partial charge in [0.1, 0.15) is 0 Å². The first-order chi connectivity index (χ1) is 15.8. The van der Waals surface area contributed by atoms with Gasteiger partial charge in [-0.05, 0) is 35.9 Å². The van der Waals surface area contributed by atoms with Gasteiger partial charge in [-0.3, -0.25) is 19.7 Å². The van der Waals surface area contributed by atoms with Crippen LogP contribution in [-0.4, -0.2) is 43.6 Å². The summed E-state index contributed by atoms with van der Waals surface area (Å²) in [6.45, 7) is 1.40. The summed E-state index contributed by atoms with van der Waals surface area (Å²) < 4.78 is 1.14. The van der Waals surface area contributed by atoms with E-state index in [0.717, 1.165) is 16.4 Å². The third-order valence-corrected chi connectivity index (χ3v) is 4.89. The lowest BCUT2D eigenvalue weighted by Gasteiger charge is -2.07. The topological polar surface area (TPSA) is 182 Å². The number of rotatable bonds is 9. The molecule has 2 amide bonds. The van der Waals surface area contributed by atoms with E-state index in [4.69, 9.17) is 5.84 Å². The van der Waals surface area contributed by atoms with Crippen LogP contribution in [0.5, 0.6) is 0 Å². The zero-order valence-corrected chi connectivity index (χ0v) is 18.1. The van der Waals surface area contributed by atoms with Crippen molar-refractivity contribution in [1.29, 1.82) is 0 Å². The normalized spacial score (nSPS) is 10.7. The lowest BCUT2D eigenvalue weighted by atomic mass is 10.2. The molecule has 2 aromatic carbocycles. The second kappa shape index (κ2) is 10.7. The second-order valence-electron chi connectivity index (χ2n) is 6.49. The van der Waals surface area contributed by atoms with Gasteiger partial charge in [0.15, 0.2) is 0 Å². The molecule has 3 aromatic rings. The van der Waals surface area contributed by atoms with E-state index in [9.17, 15) is 19.7 Å². The molecule has 0 atom stereocenters. The van der Waals surface area contributed by atoms with Crippen LogP contribution in [0.1, 0.15) is 12.5 Å². The van der Waals surface area contributed by atoms with Crippen molar-refractivity contribution in [1.82, 2.24) is 14.9 Å². The van der Waals surface area contributed by atoms with Gasteiger partial charge in [0.05, 0.1) is 16.9 Å². The molecule has 0 spiro atoms. The Balaban J connectivity index is 1.51. The standard InChI is InChI=1S/C19H19N9O4S/c1-12(29)22-14-3-2-4-15(9-14)23-17(30)11-33-19-26-25-18(27(19)20)24-21-10-13-5-7-16(8-6-13)28(31)32/h2-10H,11,20H2,1H3,(H,22,29)(H,23,30)(H,24,25)/b21-10+. The van der Waals surface area contributed by atoms with Crippen molar-refractivity contribution < 1.29 is 14.5 Å². The van der Waals surface area contributed by atoms with Crippen LogP contribution in [-0.2, 0) is 9.59 Å². The molecule has 0 saturated carbocycles. The van der Waals surface area contributed by atoms with Crippen LogP contribution < -0.4 is 21.9 Å². The first-order valence-corrected chi connectivity index (χ1v) is 10.3. The van der Waals surface area contributed by atoms with E-state index in [-0.39, 0.29) is 34.4 Å². The van der Waals surface area contributed by atoms with Crippen LogP contribution in [0, 0.1) is 10.1 Å². The van der Waals surface area contributed by atoms with Crippen molar-refractivity contribution in [2.45, 2.75) is 12.1 Å². The zero-order chi connectivity index (χ0) is 23.8. The molecule has 33 heavy (non-hydrogen) atoms. The number of nitrogen functional groups attached to an aromatic ring is 1. The van der Waals surface area contributed by atoms with E-state index in [0.29, 0.717) is 16.9 Å². The highest BCUT2D eigenvalue weighted by Gasteiger charge is 2.12. The molecule has 0 fully saturated rings. The molecule has 0 aliphatic heterocycles. The van der Waals surface area contributed by atoms with Gasteiger partial charge < -0.3 is 16.5 Å². The van der Waals surface area contributed by atoms with Crippen LogP contribution in [0.15, 0.2) is 58.8 Å². The summed E-state index contributed by atoms with van der Waals surface area (Å²) in [5.74, 6) is 5.58. The Kier molecular flexibility index (Phi) is 7.54. The average molecular weight is 469 g/mol. The highest BCUT2D eigenvalue weighted by atomic mass is 32.2. The number of hydrogen-bond donors (Lipinski definition) is 4. The van der Waals surface area contributed by atoms with Crippen LogP contribution in [0.2, 0.25) is 0 Å². The van der Waals surface area contributed by atoms with Crippen molar-refractivity contribution in [3.8, 4) is 0 Å². The summed E-state index contributed by atoms with van der Waals surface area (Å²) in [5, 5.41) is 28.1. The average Bonchev–Trinajstić information content (AvgIpc) is 3.12. The number of non-ortho nitro benzene ring substituents is 1. The Hall–Kier alpha value is -4.46. The number of nitro benzene ring substituents is 1. The van der Waals surface area contributed by atoms with Gasteiger partial charge in [-0.2, -0.15) is 5.10 Å². The predicted octanol–water partition coefficient (Wildman–Crippen LogP) is 2.04. The Morgan fingerprint density at radius 2 is 1.88 bits per heavy atom. The number of aromatic nitrogens is 3. The molecule has 0 aliphatic rings. The summed E-state index contributed by atoms with van der Waals surface area (Å²) >= 11 is 1.07. The molecule has 0 saturated heterocycles. The van der Waals surface area contributed by atoms with Crippen molar-refractivity contribution in [3.05, 3.63) is 64.2 Å². The number of benzene rings is 2. The number of carbonyl (C=O) groups excluding carboxylic acids is 2. The Bertz CT molecular complexity index is 1190. The lowest BCUT2D eigenvalue weighted by Crippen LogP contribution is -2.17. The van der Waals surface area contributed by atoms with E-state index in [1.807, 2.05) is 0 Å². The fourth-order valence-electron chi connectivity index (χ4n) is 2.50. The van der Waals surface area contributed by atoms with Crippen molar-refractivity contribution >= 4 is 52.8 Å². The maximum Gasteiger partial charge on any atom is 0.269 e. The second-order valence-corrected chi connectivity index (χ2v) is 7.44. The van der Waals surface area contributed by atoms with Gasteiger partial charge in [-0.1, -0.05) is 17.8 Å². The minimum absolute atomic E-state index is 0.0196. The van der Waals surface area contributed by atoms with Gasteiger partial charge in [0.2, 0.25) is 17.0 Å². The summed E-state index contributed by atoms with van der Waals surface area (Å²) in [7, 11) is 0. The molecule has 13 nitrogen and oxygen atoms in total. The molecule has 1 aromatic heterocycles. The third-order valence-electron chi connectivity index (χ3n) is 3.95. The number of amides is 2. The van der Waals surface area contributed by atoms with E-state index in [2.05, 4.69) is 31.4 Å². The number of nitrogens with zero attached hydrogens (tertiary/aromatic N) is 5. The molecule has 0 bridgehead atoms. The molecule has 5 N–H and O–H groups in total. The first kappa shape index (κ1) is 23.2. The van der Waals surface area contributed by atoms with Crippen LogP contribution in [0.3, 0.4) is 0 Å². The fourth-order valence-corrected chi connectivity index (χ4v) is 3.16. The van der Waals surface area contributed by atoms with Crippen molar-refractivity contribution in [2.24, 2.45) is 5.10 Å². The van der Waals surface area contributed by atoms with Gasteiger partial charge in [-0.15, -0.1) is 10.2 Å².